The molecule has 1 aromatic carbocycles. The Kier molecular flexibility index (Phi) is 9.55. The van der Waals surface area contributed by atoms with Gasteiger partial charge in [-0.1, -0.05) is 26.7 Å². The number of nitrogens with one attached hydrogen (secondary N) is 2. The lowest BCUT2D eigenvalue weighted by atomic mass is 9.99. The molecule has 6 nitrogen and oxygen atoms in total. The van der Waals surface area contributed by atoms with E-state index in [1.807, 2.05) is 18.2 Å². The molecule has 0 aliphatic heterocycles. The van der Waals surface area contributed by atoms with Crippen molar-refractivity contribution in [3.8, 4) is 5.75 Å². The van der Waals surface area contributed by atoms with Gasteiger partial charge in [0.1, 0.15) is 12.5 Å². The van der Waals surface area contributed by atoms with Crippen LogP contribution in [0, 0.1) is 5.92 Å². The van der Waals surface area contributed by atoms with Crippen LogP contribution >= 0.6 is 0 Å². The molecule has 0 saturated heterocycles. The van der Waals surface area contributed by atoms with Crippen molar-refractivity contribution in [1.82, 2.24) is 10.3 Å². The van der Waals surface area contributed by atoms with Crippen LogP contribution < -0.4 is 15.6 Å². The number of esters is 1. The molecule has 0 unspecified atom stereocenters. The van der Waals surface area contributed by atoms with Crippen molar-refractivity contribution in [2.75, 3.05) is 19.9 Å². The van der Waals surface area contributed by atoms with E-state index in [9.17, 15) is 9.59 Å². The van der Waals surface area contributed by atoms with Crippen molar-refractivity contribution in [2.24, 2.45) is 5.92 Å². The Balaban J connectivity index is 1.58. The molecule has 0 spiro atoms. The maximum absolute atomic E-state index is 12.0. The second-order valence-electron chi connectivity index (χ2n) is 7.01. The minimum atomic E-state index is -0.118. The third-order valence-electron chi connectivity index (χ3n) is 4.64. The van der Waals surface area contributed by atoms with E-state index in [2.05, 4.69) is 24.1 Å². The van der Waals surface area contributed by atoms with Crippen LogP contribution in [0.25, 0.3) is 10.9 Å². The summed E-state index contributed by atoms with van der Waals surface area (Å²) in [7, 11) is 0. The molecule has 0 aliphatic rings. The molecular formula is C22H32N2O4. The number of pyridine rings is 1. The van der Waals surface area contributed by atoms with Crippen molar-refractivity contribution in [3.63, 3.8) is 0 Å². The van der Waals surface area contributed by atoms with Crippen LogP contribution in [0.3, 0.4) is 0 Å². The van der Waals surface area contributed by atoms with Crippen LogP contribution in [0.2, 0.25) is 0 Å². The van der Waals surface area contributed by atoms with E-state index in [4.69, 9.17) is 9.47 Å². The zero-order valence-corrected chi connectivity index (χ0v) is 17.0. The number of hydrogen-bond acceptors (Lipinski definition) is 5. The predicted molar refractivity (Wildman–Crippen MR) is 112 cm³/mol. The molecule has 0 aliphatic carbocycles. The fraction of sp³-hybridized carbons (Fsp3) is 0.545. The largest absolute Gasteiger partial charge is 0.494 e. The van der Waals surface area contributed by atoms with Crippen molar-refractivity contribution in [3.05, 3.63) is 40.7 Å². The Morgan fingerprint density at radius 1 is 1.11 bits per heavy atom. The minimum Gasteiger partial charge on any atom is -0.494 e. The van der Waals surface area contributed by atoms with Crippen LogP contribution in [0.4, 0.5) is 0 Å². The molecule has 6 heteroatoms. The van der Waals surface area contributed by atoms with Crippen LogP contribution in [0.5, 0.6) is 5.75 Å². The highest BCUT2D eigenvalue weighted by molar-refractivity contribution is 5.79. The van der Waals surface area contributed by atoms with Crippen LogP contribution in [0.15, 0.2) is 35.1 Å². The Bertz CT molecular complexity index is 781. The Morgan fingerprint density at radius 2 is 1.86 bits per heavy atom. The SMILES string of the molecule is CCCC(CCC)C(=O)OCNCCCCOc1ccc2ccc(=O)[nH]c2c1. The van der Waals surface area contributed by atoms with Gasteiger partial charge in [-0.2, -0.15) is 0 Å². The molecule has 1 aromatic heterocycles. The number of unbranched alkanes of at least 4 members (excludes halogenated alkanes) is 1. The van der Waals surface area contributed by atoms with Gasteiger partial charge in [0, 0.05) is 12.1 Å². The molecule has 1 heterocycles. The van der Waals surface area contributed by atoms with Gasteiger partial charge in [-0.05, 0) is 55.8 Å². The van der Waals surface area contributed by atoms with Gasteiger partial charge in [0.25, 0.3) is 0 Å². The number of aromatic amines is 1. The topological polar surface area (TPSA) is 80.4 Å². The van der Waals surface area contributed by atoms with Crippen LogP contribution in [-0.2, 0) is 9.53 Å². The fourth-order valence-electron chi connectivity index (χ4n) is 3.15. The molecule has 0 atom stereocenters. The highest BCUT2D eigenvalue weighted by Gasteiger charge is 2.17. The average Bonchev–Trinajstić information content (AvgIpc) is 2.69. The molecule has 2 N–H and O–H groups in total. The number of aromatic nitrogens is 1. The predicted octanol–water partition coefficient (Wildman–Crippen LogP) is 3.99. The highest BCUT2D eigenvalue weighted by atomic mass is 16.5. The zero-order chi connectivity index (χ0) is 20.2. The first-order chi connectivity index (χ1) is 13.6. The standard InChI is InChI=1S/C22H32N2O4/c1-3-7-18(8-4-2)22(26)28-16-23-13-5-6-14-27-19-11-9-17-10-12-21(25)24-20(17)15-19/h9-12,15,18,23H,3-8,13-14,16H2,1-2H3,(H,24,25). The number of ether oxygens (including phenoxy) is 2. The van der Waals surface area contributed by atoms with Gasteiger partial charge >= 0.3 is 5.97 Å². The summed E-state index contributed by atoms with van der Waals surface area (Å²) in [5.41, 5.74) is 0.657. The summed E-state index contributed by atoms with van der Waals surface area (Å²) in [6, 6.07) is 8.99. The molecular weight excluding hydrogens is 356 g/mol. The number of benzene rings is 1. The fourth-order valence-corrected chi connectivity index (χ4v) is 3.15. The lowest BCUT2D eigenvalue weighted by molar-refractivity contribution is -0.149. The van der Waals surface area contributed by atoms with Crippen molar-refractivity contribution in [2.45, 2.75) is 52.4 Å². The normalized spacial score (nSPS) is 11.1. The first-order valence-corrected chi connectivity index (χ1v) is 10.3. The third-order valence-corrected chi connectivity index (χ3v) is 4.64. The Morgan fingerprint density at radius 3 is 2.61 bits per heavy atom. The summed E-state index contributed by atoms with van der Waals surface area (Å²) in [6.07, 6.45) is 5.61. The van der Waals surface area contributed by atoms with Crippen molar-refractivity contribution in [1.29, 1.82) is 0 Å². The van der Waals surface area contributed by atoms with E-state index < -0.39 is 0 Å². The molecule has 0 radical (unpaired) electrons. The molecule has 0 fully saturated rings. The van der Waals surface area contributed by atoms with E-state index >= 15 is 0 Å². The number of hydrogen-bond donors (Lipinski definition) is 2. The molecule has 28 heavy (non-hydrogen) atoms. The van der Waals surface area contributed by atoms with E-state index in [1.165, 1.54) is 6.07 Å². The molecule has 154 valence electrons. The second kappa shape index (κ2) is 12.2. The lowest BCUT2D eigenvalue weighted by Crippen LogP contribution is -2.26. The average molecular weight is 389 g/mol. The second-order valence-corrected chi connectivity index (χ2v) is 7.01. The van der Waals surface area contributed by atoms with Gasteiger partial charge in [-0.25, -0.2) is 0 Å². The van der Waals surface area contributed by atoms with Crippen molar-refractivity contribution < 1.29 is 14.3 Å². The first-order valence-electron chi connectivity index (χ1n) is 10.3. The maximum atomic E-state index is 12.0. The number of rotatable bonds is 13. The summed E-state index contributed by atoms with van der Waals surface area (Å²) in [6.45, 7) is 5.82. The summed E-state index contributed by atoms with van der Waals surface area (Å²) in [4.78, 5) is 26.2. The van der Waals surface area contributed by atoms with Gasteiger partial charge < -0.3 is 14.5 Å². The molecule has 2 aromatic rings. The van der Waals surface area contributed by atoms with Gasteiger partial charge in [-0.3, -0.25) is 14.9 Å². The minimum absolute atomic E-state index is 0.0297. The van der Waals surface area contributed by atoms with E-state index in [0.717, 1.165) is 61.7 Å². The zero-order valence-electron chi connectivity index (χ0n) is 17.0. The number of fused-ring (bicyclic) bond motifs is 1. The molecule has 0 amide bonds. The number of H-pyrrole nitrogens is 1. The maximum Gasteiger partial charge on any atom is 0.310 e. The van der Waals surface area contributed by atoms with Gasteiger partial charge in [-0.15, -0.1) is 0 Å². The van der Waals surface area contributed by atoms with E-state index in [1.54, 1.807) is 6.07 Å². The quantitative estimate of drug-likeness (QED) is 0.308. The highest BCUT2D eigenvalue weighted by Crippen LogP contribution is 2.18. The molecule has 2 rings (SSSR count). The van der Waals surface area contributed by atoms with Crippen LogP contribution in [-0.4, -0.2) is 30.8 Å². The molecule has 0 bridgehead atoms. The Hall–Kier alpha value is -2.34. The summed E-state index contributed by atoms with van der Waals surface area (Å²) in [5, 5.41) is 4.12. The number of carbonyl (C=O) groups excluding carboxylic acids is 1. The van der Waals surface area contributed by atoms with Crippen molar-refractivity contribution >= 4 is 16.9 Å². The monoisotopic (exact) mass is 388 g/mol. The first kappa shape index (κ1) is 22.0. The van der Waals surface area contributed by atoms with Gasteiger partial charge in [0.15, 0.2) is 0 Å². The molecule has 0 saturated carbocycles. The van der Waals surface area contributed by atoms with E-state index in [0.29, 0.717) is 6.61 Å². The smallest absolute Gasteiger partial charge is 0.310 e. The van der Waals surface area contributed by atoms with Gasteiger partial charge in [0.2, 0.25) is 5.56 Å². The lowest BCUT2D eigenvalue weighted by Gasteiger charge is -2.14. The Labute approximate surface area is 166 Å². The van der Waals surface area contributed by atoms with E-state index in [-0.39, 0.29) is 24.2 Å². The summed E-state index contributed by atoms with van der Waals surface area (Å²) >= 11 is 0. The summed E-state index contributed by atoms with van der Waals surface area (Å²) in [5.74, 6) is 0.685. The number of carbonyl (C=O) groups is 1. The van der Waals surface area contributed by atoms with Gasteiger partial charge in [0.05, 0.1) is 18.0 Å². The van der Waals surface area contributed by atoms with Crippen LogP contribution in [0.1, 0.15) is 52.4 Å². The third kappa shape index (κ3) is 7.35. The summed E-state index contributed by atoms with van der Waals surface area (Å²) < 4.78 is 11.1.